The molecule has 0 aromatic rings. The summed E-state index contributed by atoms with van der Waals surface area (Å²) in [5.41, 5.74) is 0. The van der Waals surface area contributed by atoms with Crippen molar-refractivity contribution in [2.24, 2.45) is 11.8 Å². The van der Waals surface area contributed by atoms with Gasteiger partial charge in [0.1, 0.15) is 0 Å². The van der Waals surface area contributed by atoms with Gasteiger partial charge in [0.05, 0.1) is 11.8 Å². The van der Waals surface area contributed by atoms with E-state index < -0.39 is 17.8 Å². The second-order valence-electron chi connectivity index (χ2n) is 5.50. The van der Waals surface area contributed by atoms with Crippen LogP contribution in [0.25, 0.3) is 0 Å². The Kier molecular flexibility index (Phi) is 6.02. The van der Waals surface area contributed by atoms with Crippen LogP contribution in [0.2, 0.25) is 0 Å². The van der Waals surface area contributed by atoms with Crippen LogP contribution in [0.15, 0.2) is 12.2 Å². The lowest BCUT2D eigenvalue weighted by atomic mass is 9.82. The van der Waals surface area contributed by atoms with E-state index >= 15 is 0 Å². The van der Waals surface area contributed by atoms with Gasteiger partial charge in [0.15, 0.2) is 0 Å². The Morgan fingerprint density at radius 3 is 2.42 bits per heavy atom. The second-order valence-corrected chi connectivity index (χ2v) is 5.50. The Hall–Kier alpha value is -1.36. The molecule has 1 rings (SSSR count). The van der Waals surface area contributed by atoms with Crippen LogP contribution >= 0.6 is 0 Å². The maximum absolute atomic E-state index is 12.1. The molecule has 2 N–H and O–H groups in total. The predicted molar refractivity (Wildman–Crippen MR) is 73.8 cm³/mol. The minimum Gasteiger partial charge on any atom is -0.481 e. The van der Waals surface area contributed by atoms with Gasteiger partial charge in [-0.15, -0.1) is 0 Å². The van der Waals surface area contributed by atoms with Crippen molar-refractivity contribution in [2.75, 3.05) is 20.6 Å². The average Bonchev–Trinajstić information content (AvgIpc) is 2.36. The predicted octanol–water partition coefficient (Wildman–Crippen LogP) is 1.11. The second kappa shape index (κ2) is 7.28. The number of hydrogen-bond donors (Lipinski definition) is 2. The van der Waals surface area contributed by atoms with E-state index in [2.05, 4.69) is 10.2 Å². The third-order valence-electron chi connectivity index (χ3n) is 3.48. The number of amides is 1. The smallest absolute Gasteiger partial charge is 0.307 e. The van der Waals surface area contributed by atoms with Gasteiger partial charge in [-0.2, -0.15) is 0 Å². The number of carboxylic acids is 1. The first kappa shape index (κ1) is 15.7. The summed E-state index contributed by atoms with van der Waals surface area (Å²) in [5.74, 6) is -2.05. The number of rotatable bonds is 6. The molecule has 3 atom stereocenters. The van der Waals surface area contributed by atoms with Gasteiger partial charge in [-0.3, -0.25) is 9.59 Å². The van der Waals surface area contributed by atoms with Crippen LogP contribution in [-0.4, -0.2) is 48.6 Å². The first-order valence-corrected chi connectivity index (χ1v) is 6.74. The summed E-state index contributed by atoms with van der Waals surface area (Å²) in [7, 11) is 3.97. The molecule has 5 nitrogen and oxygen atoms in total. The molecule has 0 aromatic heterocycles. The van der Waals surface area contributed by atoms with Crippen molar-refractivity contribution in [1.82, 2.24) is 10.2 Å². The lowest BCUT2D eigenvalue weighted by Crippen LogP contribution is -2.43. The van der Waals surface area contributed by atoms with Gasteiger partial charge in [0, 0.05) is 6.04 Å². The van der Waals surface area contributed by atoms with Crippen molar-refractivity contribution in [3.8, 4) is 0 Å². The summed E-state index contributed by atoms with van der Waals surface area (Å²) in [6.45, 7) is 2.85. The summed E-state index contributed by atoms with van der Waals surface area (Å²) in [6.07, 6.45) is 5.56. The number of nitrogens with zero attached hydrogens (tertiary/aromatic N) is 1. The van der Waals surface area contributed by atoms with Gasteiger partial charge in [0.2, 0.25) is 5.91 Å². The molecule has 1 amide bonds. The first-order valence-electron chi connectivity index (χ1n) is 6.74. The minimum atomic E-state index is -0.884. The maximum atomic E-state index is 12.1. The quantitative estimate of drug-likeness (QED) is 0.708. The monoisotopic (exact) mass is 268 g/mol. The van der Waals surface area contributed by atoms with E-state index in [1.807, 2.05) is 33.2 Å². The highest BCUT2D eigenvalue weighted by atomic mass is 16.4. The Morgan fingerprint density at radius 2 is 1.89 bits per heavy atom. The van der Waals surface area contributed by atoms with Crippen LogP contribution in [0.5, 0.6) is 0 Å². The summed E-state index contributed by atoms with van der Waals surface area (Å²) in [6, 6.07) is 0.0650. The van der Waals surface area contributed by atoms with E-state index in [9.17, 15) is 9.59 Å². The van der Waals surface area contributed by atoms with E-state index in [0.29, 0.717) is 12.8 Å². The lowest BCUT2D eigenvalue weighted by molar-refractivity contribution is -0.147. The van der Waals surface area contributed by atoms with Crippen molar-refractivity contribution in [1.29, 1.82) is 0 Å². The fourth-order valence-electron chi connectivity index (χ4n) is 2.25. The summed E-state index contributed by atoms with van der Waals surface area (Å²) < 4.78 is 0. The molecule has 0 fully saturated rings. The molecule has 5 heteroatoms. The third kappa shape index (κ3) is 5.03. The molecule has 108 valence electrons. The molecule has 0 bridgehead atoms. The topological polar surface area (TPSA) is 69.6 Å². The Morgan fingerprint density at radius 1 is 1.32 bits per heavy atom. The summed E-state index contributed by atoms with van der Waals surface area (Å²) in [5, 5.41) is 12.1. The number of aliphatic carboxylic acids is 1. The maximum Gasteiger partial charge on any atom is 0.307 e. The Bertz CT molecular complexity index is 353. The zero-order valence-corrected chi connectivity index (χ0v) is 11.9. The van der Waals surface area contributed by atoms with E-state index in [1.165, 1.54) is 0 Å². The third-order valence-corrected chi connectivity index (χ3v) is 3.48. The number of carbonyl (C=O) groups excluding carboxylic acids is 1. The molecule has 0 aromatic carbocycles. The van der Waals surface area contributed by atoms with Crippen molar-refractivity contribution in [2.45, 2.75) is 32.2 Å². The molecule has 19 heavy (non-hydrogen) atoms. The summed E-state index contributed by atoms with van der Waals surface area (Å²) >= 11 is 0. The fraction of sp³-hybridized carbons (Fsp3) is 0.714. The molecule has 0 saturated heterocycles. The summed E-state index contributed by atoms with van der Waals surface area (Å²) in [4.78, 5) is 25.4. The largest absolute Gasteiger partial charge is 0.481 e. The molecule has 1 aliphatic carbocycles. The van der Waals surface area contributed by atoms with Crippen LogP contribution in [0.1, 0.15) is 26.2 Å². The van der Waals surface area contributed by atoms with Gasteiger partial charge < -0.3 is 15.3 Å². The van der Waals surface area contributed by atoms with Crippen molar-refractivity contribution >= 4 is 11.9 Å². The molecule has 0 saturated carbocycles. The zero-order valence-electron chi connectivity index (χ0n) is 11.9. The highest BCUT2D eigenvalue weighted by Crippen LogP contribution is 2.26. The molecule has 0 aliphatic heterocycles. The molecule has 1 aliphatic rings. The molecular formula is C14H24N2O3. The SMILES string of the molecule is CC(CCN(C)C)NC(=O)[C@@H]1CC=CC[C@@H]1C(=O)O. The van der Waals surface area contributed by atoms with Crippen molar-refractivity contribution in [3.05, 3.63) is 12.2 Å². The van der Waals surface area contributed by atoms with Crippen molar-refractivity contribution < 1.29 is 14.7 Å². The van der Waals surface area contributed by atoms with Gasteiger partial charge >= 0.3 is 5.97 Å². The van der Waals surface area contributed by atoms with Crippen LogP contribution in [0.4, 0.5) is 0 Å². The molecule has 0 radical (unpaired) electrons. The molecule has 1 unspecified atom stereocenters. The normalized spacial score (nSPS) is 24.2. The Balaban J connectivity index is 2.51. The van der Waals surface area contributed by atoms with Crippen LogP contribution in [0.3, 0.4) is 0 Å². The van der Waals surface area contributed by atoms with Gasteiger partial charge in [-0.05, 0) is 46.8 Å². The van der Waals surface area contributed by atoms with E-state index in [0.717, 1.165) is 13.0 Å². The minimum absolute atomic E-state index is 0.0650. The molecule has 0 heterocycles. The van der Waals surface area contributed by atoms with Crippen molar-refractivity contribution in [3.63, 3.8) is 0 Å². The highest BCUT2D eigenvalue weighted by Gasteiger charge is 2.34. The van der Waals surface area contributed by atoms with E-state index in [-0.39, 0.29) is 11.9 Å². The number of carbonyl (C=O) groups is 2. The standard InChI is InChI=1S/C14H24N2O3/c1-10(8-9-16(2)3)15-13(17)11-6-4-5-7-12(11)14(18)19/h4-5,10-12H,6-9H2,1-3H3,(H,15,17)(H,18,19)/t10?,11-,12+/m1/s1. The number of allylic oxidation sites excluding steroid dienone is 2. The van der Waals surface area contributed by atoms with E-state index in [4.69, 9.17) is 5.11 Å². The molecule has 0 spiro atoms. The Labute approximate surface area is 114 Å². The fourth-order valence-corrected chi connectivity index (χ4v) is 2.25. The number of hydrogen-bond acceptors (Lipinski definition) is 3. The first-order chi connectivity index (χ1) is 8.91. The van der Waals surface area contributed by atoms with E-state index in [1.54, 1.807) is 0 Å². The zero-order chi connectivity index (χ0) is 14.4. The number of carboxylic acid groups (broad SMARTS) is 1. The number of nitrogens with one attached hydrogen (secondary N) is 1. The van der Waals surface area contributed by atoms with Gasteiger partial charge in [-0.1, -0.05) is 12.2 Å². The lowest BCUT2D eigenvalue weighted by Gasteiger charge is -2.26. The van der Waals surface area contributed by atoms with Gasteiger partial charge in [-0.25, -0.2) is 0 Å². The van der Waals surface area contributed by atoms with Crippen LogP contribution < -0.4 is 5.32 Å². The highest BCUT2D eigenvalue weighted by molar-refractivity contribution is 5.85. The van der Waals surface area contributed by atoms with Gasteiger partial charge in [0.25, 0.3) is 0 Å². The average molecular weight is 268 g/mol. The molecular weight excluding hydrogens is 244 g/mol. The van der Waals surface area contributed by atoms with Crippen LogP contribution in [-0.2, 0) is 9.59 Å². The van der Waals surface area contributed by atoms with Crippen LogP contribution in [0, 0.1) is 11.8 Å².